The molecule has 0 saturated heterocycles. The number of phenolic OH excluding ortho intramolecular Hbond substituents is 1. The van der Waals surface area contributed by atoms with Gasteiger partial charge in [-0.05, 0) is 105 Å². The lowest BCUT2D eigenvalue weighted by Gasteiger charge is -2.60. The summed E-state index contributed by atoms with van der Waals surface area (Å²) in [4.78, 5) is 24.6. The maximum Gasteiger partial charge on any atom is 0.407 e. The van der Waals surface area contributed by atoms with Crippen LogP contribution in [-0.2, 0) is 9.53 Å². The summed E-state index contributed by atoms with van der Waals surface area (Å²) in [5.74, 6) is 1.78. The van der Waals surface area contributed by atoms with E-state index >= 15 is 0 Å². The van der Waals surface area contributed by atoms with Gasteiger partial charge >= 0.3 is 12.1 Å². The lowest BCUT2D eigenvalue weighted by molar-refractivity contribution is -0.154. The second-order valence-electron chi connectivity index (χ2n) is 12.4. The van der Waals surface area contributed by atoms with Gasteiger partial charge in [0.25, 0.3) is 0 Å². The molecule has 1 amide bonds. The van der Waals surface area contributed by atoms with Crippen LogP contribution < -0.4 is 5.32 Å². The van der Waals surface area contributed by atoms with Gasteiger partial charge in [-0.2, -0.15) is 0 Å². The van der Waals surface area contributed by atoms with Gasteiger partial charge in [0.15, 0.2) is 0 Å². The molecule has 4 fully saturated rings. The van der Waals surface area contributed by atoms with Gasteiger partial charge in [-0.25, -0.2) is 4.79 Å². The number of ether oxygens (including phenoxy) is 1. The molecule has 0 bridgehead atoms. The van der Waals surface area contributed by atoms with Gasteiger partial charge in [0.2, 0.25) is 0 Å². The van der Waals surface area contributed by atoms with E-state index in [9.17, 15) is 19.8 Å². The molecule has 4 saturated carbocycles. The summed E-state index contributed by atoms with van der Waals surface area (Å²) in [6, 6.07) is 6.71. The minimum absolute atomic E-state index is 0.0432. The molecular formula is C29H41NO5. The maximum absolute atomic E-state index is 12.7. The standard InChI is InChI=1S/C29H41NO5/c1-17(20-6-4-5-7-25(20)31)30-27(34)35-19-12-14-28(2)18(16-19)8-9-21-22-10-11-24(26(32)33)29(22,3)15-13-23(21)28/h4-7,17-19,21-24,31H,8-16H2,1-3H3,(H,30,34)(H,32,33)/t17?,18?,19?,21-,22-,23-,24?,28-,29-/m0/s1. The Morgan fingerprint density at radius 3 is 2.46 bits per heavy atom. The first kappa shape index (κ1) is 24.5. The van der Waals surface area contributed by atoms with Crippen molar-refractivity contribution in [1.29, 1.82) is 0 Å². The van der Waals surface area contributed by atoms with Crippen molar-refractivity contribution in [3.63, 3.8) is 0 Å². The monoisotopic (exact) mass is 483 g/mol. The molecule has 5 rings (SSSR count). The van der Waals surface area contributed by atoms with Crippen molar-refractivity contribution in [2.45, 2.75) is 90.7 Å². The second-order valence-corrected chi connectivity index (χ2v) is 12.4. The van der Waals surface area contributed by atoms with E-state index in [1.165, 1.54) is 6.42 Å². The molecule has 4 unspecified atom stereocenters. The Balaban J connectivity index is 1.21. The number of aliphatic carboxylic acids is 1. The van der Waals surface area contributed by atoms with E-state index in [2.05, 4.69) is 19.2 Å². The van der Waals surface area contributed by atoms with Crippen LogP contribution in [0.15, 0.2) is 24.3 Å². The van der Waals surface area contributed by atoms with Crippen molar-refractivity contribution >= 4 is 12.1 Å². The van der Waals surface area contributed by atoms with Crippen molar-refractivity contribution in [3.05, 3.63) is 29.8 Å². The second kappa shape index (κ2) is 9.01. The van der Waals surface area contributed by atoms with Crippen LogP contribution in [0.4, 0.5) is 4.79 Å². The molecule has 0 aliphatic heterocycles. The summed E-state index contributed by atoms with van der Waals surface area (Å²) in [6.45, 7) is 6.58. The number of hydrogen-bond acceptors (Lipinski definition) is 4. The quantitative estimate of drug-likeness (QED) is 0.468. The van der Waals surface area contributed by atoms with E-state index in [4.69, 9.17) is 4.74 Å². The summed E-state index contributed by atoms with van der Waals surface area (Å²) in [6.07, 6.45) is 8.78. The Morgan fingerprint density at radius 1 is 1.00 bits per heavy atom. The van der Waals surface area contributed by atoms with Gasteiger partial charge in [-0.15, -0.1) is 0 Å². The molecule has 4 aliphatic carbocycles. The number of para-hydroxylation sites is 1. The molecular weight excluding hydrogens is 442 g/mol. The Hall–Kier alpha value is -2.24. The van der Waals surface area contributed by atoms with Crippen molar-refractivity contribution in [1.82, 2.24) is 5.32 Å². The number of carbonyl (C=O) groups is 2. The number of aromatic hydroxyl groups is 1. The Kier molecular flexibility index (Phi) is 6.29. The van der Waals surface area contributed by atoms with Crippen LogP contribution in [0.1, 0.15) is 90.2 Å². The smallest absolute Gasteiger partial charge is 0.407 e. The van der Waals surface area contributed by atoms with E-state index in [0.717, 1.165) is 51.4 Å². The molecule has 9 atom stereocenters. The summed E-state index contributed by atoms with van der Waals surface area (Å²) < 4.78 is 5.88. The summed E-state index contributed by atoms with van der Waals surface area (Å²) in [5, 5.41) is 22.8. The summed E-state index contributed by atoms with van der Waals surface area (Å²) in [5.41, 5.74) is 0.893. The Bertz CT molecular complexity index is 980. The Morgan fingerprint density at radius 2 is 1.71 bits per heavy atom. The van der Waals surface area contributed by atoms with Crippen LogP contribution in [-0.4, -0.2) is 28.4 Å². The summed E-state index contributed by atoms with van der Waals surface area (Å²) >= 11 is 0. The van der Waals surface area contributed by atoms with E-state index in [0.29, 0.717) is 29.2 Å². The molecule has 0 heterocycles. The number of fused-ring (bicyclic) bond motifs is 5. The van der Waals surface area contributed by atoms with Gasteiger partial charge < -0.3 is 20.3 Å². The highest BCUT2D eigenvalue weighted by Gasteiger charge is 2.61. The molecule has 1 aromatic rings. The van der Waals surface area contributed by atoms with Crippen molar-refractivity contribution in [2.75, 3.05) is 0 Å². The number of rotatable bonds is 4. The number of carboxylic acid groups (broad SMARTS) is 1. The number of carbonyl (C=O) groups excluding carboxylic acids is 1. The van der Waals surface area contributed by atoms with Crippen LogP contribution >= 0.6 is 0 Å². The highest BCUT2D eigenvalue weighted by atomic mass is 16.6. The highest BCUT2D eigenvalue weighted by Crippen LogP contribution is 2.67. The maximum atomic E-state index is 12.7. The van der Waals surface area contributed by atoms with Crippen LogP contribution in [0, 0.1) is 40.4 Å². The molecule has 192 valence electrons. The molecule has 3 N–H and O–H groups in total. The summed E-state index contributed by atoms with van der Waals surface area (Å²) in [7, 11) is 0. The number of hydrogen-bond donors (Lipinski definition) is 3. The molecule has 0 radical (unpaired) electrons. The van der Waals surface area contributed by atoms with E-state index in [1.807, 2.05) is 19.1 Å². The van der Waals surface area contributed by atoms with E-state index in [-0.39, 0.29) is 34.6 Å². The third-order valence-electron chi connectivity index (χ3n) is 10.9. The first-order valence-electron chi connectivity index (χ1n) is 13.6. The van der Waals surface area contributed by atoms with Crippen molar-refractivity contribution in [2.24, 2.45) is 40.4 Å². The predicted octanol–water partition coefficient (Wildman–Crippen LogP) is 6.29. The topological polar surface area (TPSA) is 95.9 Å². The average molecular weight is 484 g/mol. The normalized spacial score (nSPS) is 41.1. The zero-order valence-electron chi connectivity index (χ0n) is 21.3. The number of phenols is 1. The number of amides is 1. The highest BCUT2D eigenvalue weighted by molar-refractivity contribution is 5.71. The molecule has 0 spiro atoms. The first-order valence-corrected chi connectivity index (χ1v) is 13.6. The molecule has 6 nitrogen and oxygen atoms in total. The SMILES string of the molecule is CC(NC(=O)OC1CC[C@@]2(C)C(CC[C@@H]3[C@@H]2CC[C@]2(C)C(C(=O)O)CC[C@@H]32)C1)c1ccccc1O. The molecule has 0 aromatic heterocycles. The molecule has 4 aliphatic rings. The lowest BCUT2D eigenvalue weighted by Crippen LogP contribution is -2.54. The van der Waals surface area contributed by atoms with Crippen LogP contribution in [0.2, 0.25) is 0 Å². The fourth-order valence-corrected chi connectivity index (χ4v) is 9.03. The number of alkyl carbamates (subject to hydrolysis) is 1. The van der Waals surface area contributed by atoms with Crippen molar-refractivity contribution in [3.8, 4) is 5.75 Å². The van der Waals surface area contributed by atoms with Gasteiger partial charge in [0, 0.05) is 5.56 Å². The lowest BCUT2D eigenvalue weighted by atomic mass is 9.44. The predicted molar refractivity (Wildman–Crippen MR) is 133 cm³/mol. The first-order chi connectivity index (χ1) is 16.6. The number of benzene rings is 1. The van der Waals surface area contributed by atoms with Crippen molar-refractivity contribution < 1.29 is 24.5 Å². The minimum atomic E-state index is -0.596. The Labute approximate surface area is 208 Å². The number of nitrogens with one attached hydrogen (secondary N) is 1. The zero-order valence-corrected chi connectivity index (χ0v) is 21.3. The van der Waals surface area contributed by atoms with Crippen LogP contribution in [0.3, 0.4) is 0 Å². The third kappa shape index (κ3) is 4.11. The molecule has 1 aromatic carbocycles. The fourth-order valence-electron chi connectivity index (χ4n) is 9.03. The van der Waals surface area contributed by atoms with Gasteiger partial charge in [0.05, 0.1) is 12.0 Å². The van der Waals surface area contributed by atoms with Gasteiger partial charge in [0.1, 0.15) is 11.9 Å². The van der Waals surface area contributed by atoms with Gasteiger partial charge in [-0.3, -0.25) is 4.79 Å². The minimum Gasteiger partial charge on any atom is -0.508 e. The van der Waals surface area contributed by atoms with Gasteiger partial charge in [-0.1, -0.05) is 32.0 Å². The fraction of sp³-hybridized carbons (Fsp3) is 0.724. The van der Waals surface area contributed by atoms with E-state index in [1.54, 1.807) is 12.1 Å². The largest absolute Gasteiger partial charge is 0.508 e. The van der Waals surface area contributed by atoms with Crippen LogP contribution in [0.5, 0.6) is 5.75 Å². The average Bonchev–Trinajstić information content (AvgIpc) is 3.17. The van der Waals surface area contributed by atoms with E-state index < -0.39 is 12.1 Å². The number of carboxylic acids is 1. The molecule has 6 heteroatoms. The van der Waals surface area contributed by atoms with Crippen LogP contribution in [0.25, 0.3) is 0 Å². The third-order valence-corrected chi connectivity index (χ3v) is 10.9. The zero-order chi connectivity index (χ0) is 25.0. The molecule has 35 heavy (non-hydrogen) atoms.